The number of nitrogens with zero attached hydrogens (tertiary/aromatic N) is 3. The van der Waals surface area contributed by atoms with Crippen LogP contribution in [0, 0.1) is 10.8 Å². The Balaban J connectivity index is 1.46. The van der Waals surface area contributed by atoms with E-state index in [1.54, 1.807) is 12.4 Å². The van der Waals surface area contributed by atoms with Gasteiger partial charge in [0.2, 0.25) is 0 Å². The van der Waals surface area contributed by atoms with Crippen LogP contribution in [0.1, 0.15) is 64.9 Å². The Morgan fingerprint density at radius 2 is 0.925 bits per heavy atom. The Kier molecular flexibility index (Phi) is 7.21. The number of pyridine rings is 3. The molecule has 0 unspecified atom stereocenters. The maximum Gasteiger partial charge on any atom is 0.139 e. The summed E-state index contributed by atoms with van der Waals surface area (Å²) in [6, 6.07) is 21.6. The van der Waals surface area contributed by atoms with Crippen LogP contribution in [0.15, 0.2) is 79.1 Å². The van der Waals surface area contributed by atoms with Gasteiger partial charge in [-0.1, -0.05) is 96.1 Å². The number of fused-ring (bicyclic) bond motifs is 2. The molecule has 7 nitrogen and oxygen atoms in total. The van der Waals surface area contributed by atoms with Crippen LogP contribution < -0.4 is 10.6 Å². The van der Waals surface area contributed by atoms with Crippen LogP contribution in [-0.2, 0) is 0 Å². The summed E-state index contributed by atoms with van der Waals surface area (Å²) in [6.07, 6.45) is 2.18. The minimum Gasteiger partial charge on any atom is -0.388 e. The van der Waals surface area contributed by atoms with E-state index in [0.717, 1.165) is 32.7 Å². The van der Waals surface area contributed by atoms with Gasteiger partial charge in [-0.15, -0.1) is 0 Å². The lowest BCUT2D eigenvalue weighted by atomic mass is 9.84. The number of aliphatic hydroxyl groups is 2. The van der Waals surface area contributed by atoms with Gasteiger partial charge >= 0.3 is 0 Å². The van der Waals surface area contributed by atoms with E-state index < -0.39 is 12.2 Å². The van der Waals surface area contributed by atoms with Crippen molar-refractivity contribution in [3.63, 3.8) is 0 Å². The van der Waals surface area contributed by atoms with Gasteiger partial charge in [0.25, 0.3) is 0 Å². The number of anilines is 4. The van der Waals surface area contributed by atoms with E-state index in [-0.39, 0.29) is 10.8 Å². The summed E-state index contributed by atoms with van der Waals surface area (Å²) in [7, 11) is 0. The summed E-state index contributed by atoms with van der Waals surface area (Å²) in [5.74, 6) is 2.56. The largest absolute Gasteiger partial charge is 0.388 e. The molecule has 3 aromatic heterocycles. The van der Waals surface area contributed by atoms with Gasteiger partial charge in [0.15, 0.2) is 0 Å². The molecular formula is C33H37N5O2. The van der Waals surface area contributed by atoms with Crippen LogP contribution in [0.5, 0.6) is 0 Å². The first kappa shape index (κ1) is 27.5. The van der Waals surface area contributed by atoms with Crippen molar-refractivity contribution in [3.8, 4) is 0 Å². The molecule has 2 atom stereocenters. The number of aromatic nitrogens is 3. The fourth-order valence-electron chi connectivity index (χ4n) is 4.81. The lowest BCUT2D eigenvalue weighted by Crippen LogP contribution is -2.18. The summed E-state index contributed by atoms with van der Waals surface area (Å²) < 4.78 is 0. The summed E-state index contributed by atoms with van der Waals surface area (Å²) in [4.78, 5) is 14.1. The maximum atomic E-state index is 11.0. The molecule has 0 aliphatic carbocycles. The normalized spacial score (nSPS) is 13.8. The average Bonchev–Trinajstić information content (AvgIpc) is 2.92. The van der Waals surface area contributed by atoms with E-state index in [1.165, 1.54) is 0 Å². The van der Waals surface area contributed by atoms with E-state index in [0.29, 0.717) is 23.3 Å². The van der Waals surface area contributed by atoms with Gasteiger partial charge in [-0.05, 0) is 33.7 Å². The zero-order valence-corrected chi connectivity index (χ0v) is 23.9. The summed E-state index contributed by atoms with van der Waals surface area (Å²) in [6.45, 7) is 12.1. The number of benzene rings is 2. The summed E-state index contributed by atoms with van der Waals surface area (Å²) >= 11 is 0. The Hall–Kier alpha value is -4.07. The highest BCUT2D eigenvalue weighted by Gasteiger charge is 2.27. The molecular weight excluding hydrogens is 498 g/mol. The third-order valence-electron chi connectivity index (χ3n) is 7.12. The van der Waals surface area contributed by atoms with Gasteiger partial charge in [-0.25, -0.2) is 15.0 Å². The van der Waals surface area contributed by atoms with Crippen molar-refractivity contribution in [2.75, 3.05) is 10.6 Å². The lowest BCUT2D eigenvalue weighted by Gasteiger charge is -2.27. The number of aliphatic hydroxyl groups excluding tert-OH is 2. The van der Waals surface area contributed by atoms with Crippen molar-refractivity contribution in [2.45, 2.75) is 53.8 Å². The third-order valence-corrected chi connectivity index (χ3v) is 7.12. The van der Waals surface area contributed by atoms with Crippen LogP contribution >= 0.6 is 0 Å². The zero-order chi connectivity index (χ0) is 28.7. The van der Waals surface area contributed by atoms with Gasteiger partial charge < -0.3 is 20.8 Å². The second-order valence-electron chi connectivity index (χ2n) is 12.4. The summed E-state index contributed by atoms with van der Waals surface area (Å²) in [5.41, 5.74) is 0.967. The quantitative estimate of drug-likeness (QED) is 0.176. The Morgan fingerprint density at radius 3 is 1.30 bits per heavy atom. The van der Waals surface area contributed by atoms with E-state index in [9.17, 15) is 10.2 Å². The molecule has 0 aliphatic rings. The second-order valence-corrected chi connectivity index (χ2v) is 12.4. The highest BCUT2D eigenvalue weighted by Crippen LogP contribution is 2.39. The third kappa shape index (κ3) is 5.48. The van der Waals surface area contributed by atoms with Crippen molar-refractivity contribution in [2.24, 2.45) is 10.8 Å². The van der Waals surface area contributed by atoms with Gasteiger partial charge in [0.05, 0.1) is 12.2 Å². The lowest BCUT2D eigenvalue weighted by molar-refractivity contribution is 0.0636. The van der Waals surface area contributed by atoms with Crippen molar-refractivity contribution in [3.05, 3.63) is 90.3 Å². The van der Waals surface area contributed by atoms with E-state index >= 15 is 0 Å². The first-order chi connectivity index (χ1) is 18.9. The fourth-order valence-corrected chi connectivity index (χ4v) is 4.81. The molecule has 0 fully saturated rings. The van der Waals surface area contributed by atoms with Crippen molar-refractivity contribution >= 4 is 44.8 Å². The standard InChI is InChI=1S/C33H37N5O2/c1-32(2,3)28(39)24-18-34-30(22-14-9-7-12-20(22)24)37-26-16-11-17-27(36-26)38-31-23-15-10-8-13-21(23)25(19-35-31)29(40)33(4,5)6/h7-19,28-29,39-40H,1-6H3,(H2,34,35,36,37,38)/t28-,29-/m0/s1. The van der Waals surface area contributed by atoms with Gasteiger partial charge in [0.1, 0.15) is 23.3 Å². The molecule has 5 rings (SSSR count). The number of nitrogens with one attached hydrogen (secondary N) is 2. The Labute approximate surface area is 235 Å². The van der Waals surface area contributed by atoms with Gasteiger partial charge in [0, 0.05) is 34.3 Å². The van der Waals surface area contributed by atoms with Gasteiger partial charge in [-0.2, -0.15) is 0 Å². The number of rotatable bonds is 6. The van der Waals surface area contributed by atoms with E-state index in [1.807, 2.05) is 108 Å². The van der Waals surface area contributed by atoms with Crippen LogP contribution in [-0.4, -0.2) is 25.2 Å². The topological polar surface area (TPSA) is 103 Å². The minimum absolute atomic E-state index is 0.317. The molecule has 4 N–H and O–H groups in total. The maximum absolute atomic E-state index is 11.0. The molecule has 0 saturated carbocycles. The first-order valence-corrected chi connectivity index (χ1v) is 13.6. The minimum atomic E-state index is -0.650. The van der Waals surface area contributed by atoms with E-state index in [4.69, 9.17) is 4.98 Å². The summed E-state index contributed by atoms with van der Waals surface area (Å²) in [5, 5.41) is 32.4. The van der Waals surface area contributed by atoms with Crippen LogP contribution in [0.3, 0.4) is 0 Å². The van der Waals surface area contributed by atoms with Crippen molar-refractivity contribution in [1.29, 1.82) is 0 Å². The molecule has 0 aliphatic heterocycles. The average molecular weight is 536 g/mol. The SMILES string of the molecule is CC(C)(C)[C@@H](O)c1cnc(Nc2cccc(Nc3ncc([C@H](O)C(C)(C)C)c4ccccc34)n2)c2ccccc12. The molecule has 2 aromatic carbocycles. The van der Waals surface area contributed by atoms with Crippen LogP contribution in [0.25, 0.3) is 21.5 Å². The second kappa shape index (κ2) is 10.5. The smallest absolute Gasteiger partial charge is 0.139 e. The van der Waals surface area contributed by atoms with Crippen molar-refractivity contribution < 1.29 is 10.2 Å². The van der Waals surface area contributed by atoms with Crippen molar-refractivity contribution in [1.82, 2.24) is 15.0 Å². The highest BCUT2D eigenvalue weighted by atomic mass is 16.3. The predicted molar refractivity (Wildman–Crippen MR) is 163 cm³/mol. The monoisotopic (exact) mass is 535 g/mol. The Bertz CT molecular complexity index is 1550. The number of hydrogen-bond acceptors (Lipinski definition) is 7. The molecule has 0 amide bonds. The fraction of sp³-hybridized carbons (Fsp3) is 0.303. The first-order valence-electron chi connectivity index (χ1n) is 13.6. The molecule has 0 radical (unpaired) electrons. The molecule has 0 spiro atoms. The molecule has 5 aromatic rings. The highest BCUT2D eigenvalue weighted by molar-refractivity contribution is 5.96. The molecule has 0 bridgehead atoms. The molecule has 206 valence electrons. The Morgan fingerprint density at radius 1 is 0.550 bits per heavy atom. The predicted octanol–water partition coefficient (Wildman–Crippen LogP) is 7.82. The van der Waals surface area contributed by atoms with Gasteiger partial charge in [-0.3, -0.25) is 0 Å². The molecule has 40 heavy (non-hydrogen) atoms. The van der Waals surface area contributed by atoms with Crippen LogP contribution in [0.2, 0.25) is 0 Å². The van der Waals surface area contributed by atoms with Crippen LogP contribution in [0.4, 0.5) is 23.3 Å². The molecule has 3 heterocycles. The zero-order valence-electron chi connectivity index (χ0n) is 23.9. The number of hydrogen-bond donors (Lipinski definition) is 4. The molecule has 7 heteroatoms. The molecule has 0 saturated heterocycles. The van der Waals surface area contributed by atoms with E-state index in [2.05, 4.69) is 20.6 Å².